The van der Waals surface area contributed by atoms with Crippen LogP contribution in [0.4, 0.5) is 0 Å². The maximum absolute atomic E-state index is 13.3. The van der Waals surface area contributed by atoms with Crippen molar-refractivity contribution in [3.05, 3.63) is 88.5 Å². The topological polar surface area (TPSA) is 84.7 Å². The highest BCUT2D eigenvalue weighted by Crippen LogP contribution is 2.40. The van der Waals surface area contributed by atoms with Gasteiger partial charge >= 0.3 is 0 Å². The molecule has 8 heteroatoms. The van der Waals surface area contributed by atoms with Gasteiger partial charge in [0.2, 0.25) is 0 Å². The van der Waals surface area contributed by atoms with Crippen molar-refractivity contribution in [1.29, 1.82) is 0 Å². The molecular weight excluding hydrogens is 478 g/mol. The van der Waals surface area contributed by atoms with Crippen LogP contribution < -0.4 is 4.74 Å². The number of rotatable bonds is 9. The lowest BCUT2D eigenvalue weighted by Gasteiger charge is -2.26. The van der Waals surface area contributed by atoms with E-state index in [-0.39, 0.29) is 11.3 Å². The van der Waals surface area contributed by atoms with Gasteiger partial charge in [0.1, 0.15) is 11.5 Å². The van der Waals surface area contributed by atoms with Crippen LogP contribution in [0.2, 0.25) is 5.02 Å². The van der Waals surface area contributed by atoms with Gasteiger partial charge in [0.05, 0.1) is 29.6 Å². The number of likely N-dealkylation sites (tertiary alicyclic amines) is 1. The fourth-order valence-electron chi connectivity index (χ4n) is 4.44. The smallest absolute Gasteiger partial charge is 0.295 e. The number of carbonyl (C=O) groups is 2. The molecule has 0 saturated carbocycles. The first-order valence-corrected chi connectivity index (χ1v) is 12.5. The number of hydrogen-bond donors (Lipinski definition) is 1. The third-order valence-electron chi connectivity index (χ3n) is 6.34. The average Bonchev–Trinajstić information content (AvgIpc) is 3.47. The van der Waals surface area contributed by atoms with Crippen LogP contribution in [0.15, 0.2) is 66.8 Å². The van der Waals surface area contributed by atoms with E-state index >= 15 is 0 Å². The SMILES string of the molecule is CCOc1ccc(C(O)=C2C(=O)C(=O)N(CCCn3ccnc3)[C@@H]2c2ccc(C(C)C)cc2)cc1Cl. The minimum Gasteiger partial charge on any atom is -0.507 e. The number of aliphatic hydroxyl groups is 1. The number of ketones is 1. The Kier molecular flexibility index (Phi) is 7.79. The molecule has 4 rings (SSSR count). The third-order valence-corrected chi connectivity index (χ3v) is 6.63. The number of ether oxygens (including phenoxy) is 1. The molecule has 0 aliphatic carbocycles. The molecule has 3 aromatic rings. The van der Waals surface area contributed by atoms with Crippen molar-refractivity contribution in [1.82, 2.24) is 14.5 Å². The zero-order valence-electron chi connectivity index (χ0n) is 20.6. The maximum Gasteiger partial charge on any atom is 0.295 e. The summed E-state index contributed by atoms with van der Waals surface area (Å²) in [6, 6.07) is 12.0. The Morgan fingerprint density at radius 3 is 2.50 bits per heavy atom. The highest BCUT2D eigenvalue weighted by molar-refractivity contribution is 6.46. The predicted molar refractivity (Wildman–Crippen MR) is 139 cm³/mol. The third kappa shape index (κ3) is 5.16. The number of aromatic nitrogens is 2. The number of hydrogen-bond acceptors (Lipinski definition) is 5. The summed E-state index contributed by atoms with van der Waals surface area (Å²) in [6.07, 6.45) is 5.89. The summed E-state index contributed by atoms with van der Waals surface area (Å²) < 4.78 is 7.40. The number of imidazole rings is 1. The summed E-state index contributed by atoms with van der Waals surface area (Å²) in [5.74, 6) is -0.772. The van der Waals surface area contributed by atoms with E-state index in [1.54, 1.807) is 35.6 Å². The number of Topliss-reactive ketones (excluding diaryl/α,β-unsaturated/α-hetero) is 1. The number of nitrogens with zero attached hydrogens (tertiary/aromatic N) is 3. The van der Waals surface area contributed by atoms with Crippen LogP contribution >= 0.6 is 11.6 Å². The molecule has 1 amide bonds. The molecule has 0 unspecified atom stereocenters. The van der Waals surface area contributed by atoms with Crippen molar-refractivity contribution in [2.45, 2.75) is 45.7 Å². The van der Waals surface area contributed by atoms with Crippen LogP contribution in [-0.2, 0) is 16.1 Å². The van der Waals surface area contributed by atoms with Crippen molar-refractivity contribution in [2.75, 3.05) is 13.2 Å². The summed E-state index contributed by atoms with van der Waals surface area (Å²) in [5.41, 5.74) is 2.32. The van der Waals surface area contributed by atoms with Gasteiger partial charge in [0.15, 0.2) is 0 Å². The number of amides is 1. The first-order valence-electron chi connectivity index (χ1n) is 12.1. The zero-order valence-corrected chi connectivity index (χ0v) is 21.4. The van der Waals surface area contributed by atoms with Gasteiger partial charge in [-0.3, -0.25) is 9.59 Å². The van der Waals surface area contributed by atoms with Gasteiger partial charge in [0.25, 0.3) is 11.7 Å². The maximum atomic E-state index is 13.3. The molecule has 188 valence electrons. The second kappa shape index (κ2) is 11.0. The van der Waals surface area contributed by atoms with Gasteiger partial charge in [-0.2, -0.15) is 0 Å². The van der Waals surface area contributed by atoms with E-state index in [2.05, 4.69) is 18.8 Å². The molecule has 1 fully saturated rings. The Balaban J connectivity index is 1.74. The van der Waals surface area contributed by atoms with Crippen molar-refractivity contribution >= 4 is 29.1 Å². The summed E-state index contributed by atoms with van der Waals surface area (Å²) in [4.78, 5) is 32.0. The van der Waals surface area contributed by atoms with Gasteiger partial charge in [-0.15, -0.1) is 0 Å². The number of aryl methyl sites for hydroxylation is 1. The Morgan fingerprint density at radius 2 is 1.89 bits per heavy atom. The highest BCUT2D eigenvalue weighted by Gasteiger charge is 2.45. The fourth-order valence-corrected chi connectivity index (χ4v) is 4.67. The molecule has 1 saturated heterocycles. The minimum atomic E-state index is -0.710. The lowest BCUT2D eigenvalue weighted by Crippen LogP contribution is -2.31. The van der Waals surface area contributed by atoms with Crippen LogP contribution in [0.3, 0.4) is 0 Å². The number of halogens is 1. The van der Waals surface area contributed by atoms with E-state index in [4.69, 9.17) is 16.3 Å². The molecule has 0 spiro atoms. The molecule has 36 heavy (non-hydrogen) atoms. The molecule has 0 radical (unpaired) electrons. The van der Waals surface area contributed by atoms with E-state index in [9.17, 15) is 14.7 Å². The Morgan fingerprint density at radius 1 is 1.14 bits per heavy atom. The van der Waals surface area contributed by atoms with E-state index in [1.807, 2.05) is 42.0 Å². The summed E-state index contributed by atoms with van der Waals surface area (Å²) in [7, 11) is 0. The van der Waals surface area contributed by atoms with Crippen LogP contribution in [0.1, 0.15) is 55.8 Å². The second-order valence-electron chi connectivity index (χ2n) is 9.05. The minimum absolute atomic E-state index is 0.0557. The molecular formula is C28H30ClN3O4. The molecule has 2 heterocycles. The molecule has 2 aromatic carbocycles. The first kappa shape index (κ1) is 25.5. The molecule has 7 nitrogen and oxygen atoms in total. The van der Waals surface area contributed by atoms with E-state index in [0.717, 1.165) is 11.1 Å². The van der Waals surface area contributed by atoms with Crippen molar-refractivity contribution in [3.8, 4) is 5.75 Å². The zero-order chi connectivity index (χ0) is 25.8. The normalized spacial score (nSPS) is 17.2. The van der Waals surface area contributed by atoms with Gasteiger partial charge in [-0.1, -0.05) is 49.7 Å². The summed E-state index contributed by atoms with van der Waals surface area (Å²) in [5, 5.41) is 11.6. The predicted octanol–water partition coefficient (Wildman–Crippen LogP) is 5.57. The van der Waals surface area contributed by atoms with Crippen molar-refractivity contribution in [2.24, 2.45) is 0 Å². The van der Waals surface area contributed by atoms with Crippen LogP contribution in [0.5, 0.6) is 5.75 Å². The lowest BCUT2D eigenvalue weighted by molar-refractivity contribution is -0.139. The van der Waals surface area contributed by atoms with Crippen molar-refractivity contribution < 1.29 is 19.4 Å². The molecule has 1 aliphatic rings. The van der Waals surface area contributed by atoms with Gasteiger partial charge in [-0.05, 0) is 48.6 Å². The number of carbonyl (C=O) groups excluding carboxylic acids is 2. The standard InChI is InChI=1S/C28H30ClN3O4/c1-4-36-23-11-10-21(16-22(23)29)26(33)24-25(20-8-6-19(7-9-20)18(2)3)32(28(35)27(24)34)14-5-13-31-15-12-30-17-31/h6-12,15-18,25,33H,4-5,13-14H2,1-3H3/t25-/m1/s1. The fraction of sp³-hybridized carbons (Fsp3) is 0.321. The van der Waals surface area contributed by atoms with E-state index < -0.39 is 17.7 Å². The summed E-state index contributed by atoms with van der Waals surface area (Å²) in [6.45, 7) is 7.50. The second-order valence-corrected chi connectivity index (χ2v) is 9.45. The van der Waals surface area contributed by atoms with Crippen LogP contribution in [-0.4, -0.2) is 44.4 Å². The first-order chi connectivity index (χ1) is 17.3. The molecule has 1 atom stereocenters. The van der Waals surface area contributed by atoms with Gasteiger partial charge < -0.3 is 19.3 Å². The highest BCUT2D eigenvalue weighted by atomic mass is 35.5. The van der Waals surface area contributed by atoms with E-state index in [1.165, 1.54) is 0 Å². The lowest BCUT2D eigenvalue weighted by atomic mass is 9.93. The van der Waals surface area contributed by atoms with Crippen LogP contribution in [0.25, 0.3) is 5.76 Å². The number of benzene rings is 2. The summed E-state index contributed by atoms with van der Waals surface area (Å²) >= 11 is 6.34. The van der Waals surface area contributed by atoms with Crippen LogP contribution in [0, 0.1) is 0 Å². The van der Waals surface area contributed by atoms with E-state index in [0.29, 0.717) is 48.4 Å². The molecule has 1 aromatic heterocycles. The largest absolute Gasteiger partial charge is 0.507 e. The van der Waals surface area contributed by atoms with Crippen molar-refractivity contribution in [3.63, 3.8) is 0 Å². The Hall–Kier alpha value is -3.58. The molecule has 1 N–H and O–H groups in total. The quantitative estimate of drug-likeness (QED) is 0.232. The monoisotopic (exact) mass is 507 g/mol. The van der Waals surface area contributed by atoms with Gasteiger partial charge in [-0.25, -0.2) is 4.98 Å². The van der Waals surface area contributed by atoms with Gasteiger partial charge in [0, 0.05) is 31.0 Å². The Bertz CT molecular complexity index is 1270. The number of aliphatic hydroxyl groups excluding tert-OH is 1. The molecule has 1 aliphatic heterocycles. The average molecular weight is 508 g/mol. The Labute approximate surface area is 216 Å². The molecule has 0 bridgehead atoms.